The van der Waals surface area contributed by atoms with Crippen LogP contribution in [0, 0.1) is 0 Å². The molecule has 0 aromatic carbocycles. The maximum absolute atomic E-state index is 9.90. The lowest BCUT2D eigenvalue weighted by molar-refractivity contribution is 0.470. The van der Waals surface area contributed by atoms with E-state index in [1.807, 2.05) is 0 Å². The van der Waals surface area contributed by atoms with Crippen LogP contribution in [0.15, 0.2) is 12.8 Å². The van der Waals surface area contributed by atoms with Crippen LogP contribution in [0.1, 0.15) is 0 Å². The lowest BCUT2D eigenvalue weighted by Gasteiger charge is -1.66. The zero-order valence-electron chi connectivity index (χ0n) is 3.55. The number of hydrogen-bond acceptors (Lipinski definition) is 2. The smallest absolute Gasteiger partial charge is 0.263 e. The van der Waals surface area contributed by atoms with Gasteiger partial charge in [-0.05, 0) is 4.57 Å². The Labute approximate surface area is 37.7 Å². The fraction of sp³-hybridized carbons (Fsp3) is 0.333. The van der Waals surface area contributed by atoms with Crippen LogP contribution in [0.4, 0.5) is 0 Å². The molecular weight excluding hydrogens is 99.0 g/mol. The Hall–Kier alpha value is -0.360. The Morgan fingerprint density at radius 3 is 2.50 bits per heavy atom. The van der Waals surface area contributed by atoms with Gasteiger partial charge in [-0.2, -0.15) is 0 Å². The van der Waals surface area contributed by atoms with Gasteiger partial charge < -0.3 is 0 Å². The van der Waals surface area contributed by atoms with Crippen molar-refractivity contribution in [2.24, 2.45) is 0 Å². The van der Waals surface area contributed by atoms with Crippen molar-refractivity contribution in [3.8, 4) is 0 Å². The van der Waals surface area contributed by atoms with Crippen molar-refractivity contribution in [2.75, 3.05) is 6.66 Å². The van der Waals surface area contributed by atoms with Crippen LogP contribution >= 0.6 is 8.03 Å². The molecule has 0 radical (unpaired) electrons. The molecule has 34 valence electrons. The molecule has 0 bridgehead atoms. The Morgan fingerprint density at radius 1 is 2.00 bits per heavy atom. The highest BCUT2D eigenvalue weighted by Gasteiger charge is 1.98. The molecule has 1 unspecified atom stereocenters. The fourth-order valence-electron chi connectivity index (χ4n) is 0.105. The fourth-order valence-corrected chi connectivity index (χ4v) is 0.315. The first-order valence-corrected chi connectivity index (χ1v) is 3.08. The monoisotopic (exact) mass is 105 g/mol. The molecule has 0 heterocycles. The first kappa shape index (κ1) is 5.64. The summed E-state index contributed by atoms with van der Waals surface area (Å²) in [7, 11) is -1.47. The molecule has 0 aliphatic carbocycles. The van der Waals surface area contributed by atoms with E-state index >= 15 is 0 Å². The summed E-state index contributed by atoms with van der Waals surface area (Å²) >= 11 is 0. The van der Waals surface area contributed by atoms with Gasteiger partial charge in [0, 0.05) is 0 Å². The van der Waals surface area contributed by atoms with Crippen LogP contribution in [-0.2, 0) is 9.09 Å². The Morgan fingerprint density at radius 2 is 2.50 bits per heavy atom. The quantitative estimate of drug-likeness (QED) is 0.393. The van der Waals surface area contributed by atoms with Gasteiger partial charge in [-0.15, -0.1) is 0 Å². The van der Waals surface area contributed by atoms with Crippen molar-refractivity contribution in [2.45, 2.75) is 0 Å². The molecule has 2 nitrogen and oxygen atoms in total. The highest BCUT2D eigenvalue weighted by atomic mass is 31.1. The van der Waals surface area contributed by atoms with Gasteiger partial charge in [-0.25, -0.2) is 0 Å². The standard InChI is InChI=1S/C3H6O2P/c1-3-5-6(2)4/h3H,1H2,2H3/q+1. The molecule has 0 aliphatic rings. The summed E-state index contributed by atoms with van der Waals surface area (Å²) in [5.74, 6) is 0. The van der Waals surface area contributed by atoms with E-state index in [-0.39, 0.29) is 0 Å². The average Bonchev–Trinajstić information content (AvgIpc) is 1.35. The Kier molecular flexibility index (Phi) is 2.68. The van der Waals surface area contributed by atoms with Gasteiger partial charge in [0.25, 0.3) is 0 Å². The van der Waals surface area contributed by atoms with E-state index in [1.54, 1.807) is 0 Å². The van der Waals surface area contributed by atoms with E-state index in [4.69, 9.17) is 0 Å². The summed E-state index contributed by atoms with van der Waals surface area (Å²) in [5, 5.41) is 0. The molecule has 0 rings (SSSR count). The molecule has 0 spiro atoms. The molecule has 1 atom stereocenters. The molecule has 0 aromatic heterocycles. The highest BCUT2D eigenvalue weighted by Crippen LogP contribution is 2.13. The third-order valence-electron chi connectivity index (χ3n) is 0.223. The van der Waals surface area contributed by atoms with E-state index in [0.29, 0.717) is 0 Å². The van der Waals surface area contributed by atoms with Crippen LogP contribution < -0.4 is 0 Å². The summed E-state index contributed by atoms with van der Waals surface area (Å²) < 4.78 is 14.2. The second-order valence-corrected chi connectivity index (χ2v) is 1.80. The first-order chi connectivity index (χ1) is 2.77. The predicted molar refractivity (Wildman–Crippen MR) is 24.8 cm³/mol. The predicted octanol–water partition coefficient (Wildman–Crippen LogP) is 1.52. The zero-order chi connectivity index (χ0) is 4.99. The minimum absolute atomic E-state index is 1.17. The molecule has 0 fully saturated rings. The summed E-state index contributed by atoms with van der Waals surface area (Å²) in [6.45, 7) is 4.66. The van der Waals surface area contributed by atoms with E-state index in [2.05, 4.69) is 11.1 Å². The topological polar surface area (TPSA) is 26.3 Å². The van der Waals surface area contributed by atoms with Crippen LogP contribution in [-0.4, -0.2) is 6.66 Å². The molecule has 0 amide bonds. The van der Waals surface area contributed by atoms with Crippen molar-refractivity contribution in [3.63, 3.8) is 0 Å². The molecule has 0 aliphatic heterocycles. The third kappa shape index (κ3) is 3.64. The van der Waals surface area contributed by atoms with Gasteiger partial charge in [0.05, 0.1) is 0 Å². The van der Waals surface area contributed by atoms with Gasteiger partial charge in [-0.1, -0.05) is 6.58 Å². The van der Waals surface area contributed by atoms with E-state index in [1.165, 1.54) is 12.9 Å². The Balaban J connectivity index is 3.05. The van der Waals surface area contributed by atoms with Gasteiger partial charge in [0.2, 0.25) is 0 Å². The van der Waals surface area contributed by atoms with Crippen LogP contribution in [0.3, 0.4) is 0 Å². The first-order valence-electron chi connectivity index (χ1n) is 1.46. The summed E-state index contributed by atoms with van der Waals surface area (Å²) in [5.41, 5.74) is 0. The zero-order valence-corrected chi connectivity index (χ0v) is 4.44. The van der Waals surface area contributed by atoms with Gasteiger partial charge in [0.1, 0.15) is 6.26 Å². The molecule has 3 heteroatoms. The van der Waals surface area contributed by atoms with E-state index in [0.717, 1.165) is 0 Å². The number of hydrogen-bond donors (Lipinski definition) is 0. The summed E-state index contributed by atoms with van der Waals surface area (Å²) in [4.78, 5) is 0. The third-order valence-corrected chi connectivity index (χ3v) is 0.669. The van der Waals surface area contributed by atoms with Gasteiger partial charge in [-0.3, -0.25) is 4.52 Å². The maximum atomic E-state index is 9.90. The Bertz CT molecular complexity index is 69.2. The van der Waals surface area contributed by atoms with Crippen LogP contribution in [0.5, 0.6) is 0 Å². The SMILES string of the molecule is C=CO[P+](C)=O. The van der Waals surface area contributed by atoms with Crippen molar-refractivity contribution in [1.29, 1.82) is 0 Å². The molecule has 0 saturated heterocycles. The van der Waals surface area contributed by atoms with Crippen LogP contribution in [0.25, 0.3) is 0 Å². The average molecular weight is 105 g/mol. The van der Waals surface area contributed by atoms with E-state index < -0.39 is 8.03 Å². The second-order valence-electron chi connectivity index (χ2n) is 0.712. The van der Waals surface area contributed by atoms with Crippen molar-refractivity contribution in [1.82, 2.24) is 0 Å². The minimum Gasteiger partial charge on any atom is -0.263 e. The molecule has 0 saturated carbocycles. The normalized spacial score (nSPS) is 9.83. The van der Waals surface area contributed by atoms with Crippen molar-refractivity contribution < 1.29 is 9.09 Å². The van der Waals surface area contributed by atoms with Crippen molar-refractivity contribution >= 4 is 8.03 Å². The summed E-state index contributed by atoms with van der Waals surface area (Å²) in [6.07, 6.45) is 1.17. The highest BCUT2D eigenvalue weighted by molar-refractivity contribution is 7.38. The lowest BCUT2D eigenvalue weighted by atomic mass is 11.2. The lowest BCUT2D eigenvalue weighted by Crippen LogP contribution is -1.54. The minimum atomic E-state index is -1.47. The number of rotatable bonds is 2. The van der Waals surface area contributed by atoms with Crippen molar-refractivity contribution in [3.05, 3.63) is 12.8 Å². The van der Waals surface area contributed by atoms with Crippen LogP contribution in [0.2, 0.25) is 0 Å². The second kappa shape index (κ2) is 2.86. The molecule has 6 heavy (non-hydrogen) atoms. The summed E-state index contributed by atoms with van der Waals surface area (Å²) in [6, 6.07) is 0. The van der Waals surface area contributed by atoms with Gasteiger partial charge >= 0.3 is 8.03 Å². The molecule has 0 aromatic rings. The van der Waals surface area contributed by atoms with Gasteiger partial charge in [0.15, 0.2) is 6.66 Å². The largest absolute Gasteiger partial charge is 0.552 e. The molecular formula is C3H6O2P+. The molecule has 0 N–H and O–H groups in total. The van der Waals surface area contributed by atoms with E-state index in [9.17, 15) is 4.57 Å². The maximum Gasteiger partial charge on any atom is 0.552 e.